The molecule has 4 nitrogen and oxygen atoms in total. The minimum atomic E-state index is -0.208. The lowest BCUT2D eigenvalue weighted by Crippen LogP contribution is -2.26. The van der Waals surface area contributed by atoms with Crippen molar-refractivity contribution in [2.24, 2.45) is 0 Å². The Hall–Kier alpha value is -1.41. The van der Waals surface area contributed by atoms with Gasteiger partial charge in [-0.25, -0.2) is 0 Å². The zero-order valence-corrected chi connectivity index (χ0v) is 9.15. The van der Waals surface area contributed by atoms with Gasteiger partial charge in [0.05, 0.1) is 11.6 Å². The number of nitriles is 1. The van der Waals surface area contributed by atoms with Gasteiger partial charge in [0.1, 0.15) is 6.54 Å². The van der Waals surface area contributed by atoms with Crippen molar-refractivity contribution < 1.29 is 4.79 Å². The number of carbonyl (C=O) groups excluding carboxylic acids is 1. The van der Waals surface area contributed by atoms with Crippen LogP contribution in [0.3, 0.4) is 0 Å². The first-order valence-corrected chi connectivity index (χ1v) is 4.67. The molecule has 0 aliphatic carbocycles. The number of hydrogen-bond acceptors (Lipinski definition) is 3. The van der Waals surface area contributed by atoms with Crippen LogP contribution >= 0.6 is 15.9 Å². The van der Waals surface area contributed by atoms with Crippen LogP contribution in [-0.4, -0.2) is 29.4 Å². The van der Waals surface area contributed by atoms with Crippen LogP contribution < -0.4 is 0 Å². The Morgan fingerprint density at radius 1 is 1.71 bits per heavy atom. The average Bonchev–Trinajstić information content (AvgIpc) is 2.17. The Balaban J connectivity index is 2.85. The Morgan fingerprint density at radius 2 is 2.43 bits per heavy atom. The van der Waals surface area contributed by atoms with Crippen molar-refractivity contribution >= 4 is 21.8 Å². The first-order valence-electron chi connectivity index (χ1n) is 3.88. The van der Waals surface area contributed by atoms with E-state index in [9.17, 15) is 4.79 Å². The predicted molar refractivity (Wildman–Crippen MR) is 54.5 cm³/mol. The second-order valence-corrected chi connectivity index (χ2v) is 3.63. The second kappa shape index (κ2) is 4.72. The third-order valence-corrected chi connectivity index (χ3v) is 2.04. The molecule has 0 aliphatic rings. The molecular weight excluding hydrogens is 246 g/mol. The summed E-state index contributed by atoms with van der Waals surface area (Å²) in [5, 5.41) is 8.42. The van der Waals surface area contributed by atoms with Crippen LogP contribution in [-0.2, 0) is 0 Å². The van der Waals surface area contributed by atoms with Gasteiger partial charge in [-0.05, 0) is 22.0 Å². The lowest BCUT2D eigenvalue weighted by molar-refractivity contribution is 0.0811. The molecule has 0 N–H and O–H groups in total. The molecule has 1 aromatic rings. The first kappa shape index (κ1) is 10.7. The van der Waals surface area contributed by atoms with E-state index < -0.39 is 0 Å². The number of carbonyl (C=O) groups is 1. The molecule has 72 valence electrons. The number of aromatic nitrogens is 1. The molecule has 1 aromatic heterocycles. The van der Waals surface area contributed by atoms with Gasteiger partial charge in [-0.2, -0.15) is 5.26 Å². The van der Waals surface area contributed by atoms with E-state index in [-0.39, 0.29) is 12.5 Å². The van der Waals surface area contributed by atoms with Crippen molar-refractivity contribution in [3.8, 4) is 6.07 Å². The quantitative estimate of drug-likeness (QED) is 0.750. The van der Waals surface area contributed by atoms with Crippen LogP contribution in [0.1, 0.15) is 10.4 Å². The third-order valence-electron chi connectivity index (χ3n) is 1.61. The average molecular weight is 254 g/mol. The van der Waals surface area contributed by atoms with Gasteiger partial charge in [-0.15, -0.1) is 0 Å². The monoisotopic (exact) mass is 253 g/mol. The van der Waals surface area contributed by atoms with E-state index in [0.29, 0.717) is 5.56 Å². The van der Waals surface area contributed by atoms with E-state index in [1.54, 1.807) is 19.3 Å². The maximum Gasteiger partial charge on any atom is 0.256 e. The maximum absolute atomic E-state index is 11.6. The van der Waals surface area contributed by atoms with Crippen molar-refractivity contribution in [1.29, 1.82) is 5.26 Å². The normalized spacial score (nSPS) is 9.21. The molecule has 5 heteroatoms. The predicted octanol–water partition coefficient (Wildman–Crippen LogP) is 1.44. The highest BCUT2D eigenvalue weighted by Gasteiger charge is 2.11. The fourth-order valence-electron chi connectivity index (χ4n) is 0.927. The fraction of sp³-hybridized carbons (Fsp3) is 0.222. The molecule has 0 fully saturated rings. The van der Waals surface area contributed by atoms with Crippen LogP contribution in [0.2, 0.25) is 0 Å². The maximum atomic E-state index is 11.6. The van der Waals surface area contributed by atoms with Gasteiger partial charge < -0.3 is 4.90 Å². The molecule has 0 saturated heterocycles. The summed E-state index contributed by atoms with van der Waals surface area (Å²) in [6, 6.07) is 3.58. The van der Waals surface area contributed by atoms with Crippen LogP contribution in [0.5, 0.6) is 0 Å². The van der Waals surface area contributed by atoms with Gasteiger partial charge in [0.15, 0.2) is 0 Å². The number of nitrogens with zero attached hydrogens (tertiary/aromatic N) is 3. The van der Waals surface area contributed by atoms with E-state index in [1.165, 1.54) is 11.1 Å². The number of rotatable bonds is 2. The Bertz CT molecular complexity index is 386. The van der Waals surface area contributed by atoms with E-state index in [0.717, 1.165) is 4.47 Å². The second-order valence-electron chi connectivity index (χ2n) is 2.71. The molecular formula is C9H8BrN3O. The third kappa shape index (κ3) is 2.54. The minimum Gasteiger partial charge on any atom is -0.328 e. The fourth-order valence-corrected chi connectivity index (χ4v) is 1.29. The highest BCUT2D eigenvalue weighted by Crippen LogP contribution is 2.10. The molecule has 1 rings (SSSR count). The van der Waals surface area contributed by atoms with Crippen LogP contribution in [0.15, 0.2) is 22.9 Å². The molecule has 0 bridgehead atoms. The summed E-state index contributed by atoms with van der Waals surface area (Å²) in [5.41, 5.74) is 0.470. The highest BCUT2D eigenvalue weighted by molar-refractivity contribution is 9.10. The molecule has 1 heterocycles. The summed E-state index contributed by atoms with van der Waals surface area (Å²) in [4.78, 5) is 16.8. The molecule has 0 aromatic carbocycles. The summed E-state index contributed by atoms with van der Waals surface area (Å²) in [6.07, 6.45) is 3.07. The van der Waals surface area contributed by atoms with E-state index in [2.05, 4.69) is 20.9 Å². The van der Waals surface area contributed by atoms with Gasteiger partial charge >= 0.3 is 0 Å². The number of amides is 1. The highest BCUT2D eigenvalue weighted by atomic mass is 79.9. The lowest BCUT2D eigenvalue weighted by Gasteiger charge is -2.12. The summed E-state index contributed by atoms with van der Waals surface area (Å²) in [7, 11) is 1.58. The molecule has 0 atom stereocenters. The SMILES string of the molecule is CN(CC#N)C(=O)c1cncc(Br)c1. The molecule has 0 unspecified atom stereocenters. The Kier molecular flexibility index (Phi) is 3.60. The number of pyridine rings is 1. The van der Waals surface area contributed by atoms with Crippen LogP contribution in [0.25, 0.3) is 0 Å². The van der Waals surface area contributed by atoms with E-state index in [1.807, 2.05) is 6.07 Å². The van der Waals surface area contributed by atoms with Crippen molar-refractivity contribution in [2.45, 2.75) is 0 Å². The Morgan fingerprint density at radius 3 is 3.00 bits per heavy atom. The molecule has 1 amide bonds. The topological polar surface area (TPSA) is 57.0 Å². The van der Waals surface area contributed by atoms with Crippen LogP contribution in [0.4, 0.5) is 0 Å². The summed E-state index contributed by atoms with van der Waals surface area (Å²) in [6.45, 7) is 0.0747. The molecule has 14 heavy (non-hydrogen) atoms. The molecule has 0 aliphatic heterocycles. The van der Waals surface area contributed by atoms with E-state index >= 15 is 0 Å². The summed E-state index contributed by atoms with van der Waals surface area (Å²) >= 11 is 3.22. The van der Waals surface area contributed by atoms with Gasteiger partial charge in [0, 0.05) is 23.9 Å². The summed E-state index contributed by atoms with van der Waals surface area (Å²) in [5.74, 6) is -0.208. The lowest BCUT2D eigenvalue weighted by atomic mass is 10.2. The van der Waals surface area contributed by atoms with Gasteiger partial charge in [-0.3, -0.25) is 9.78 Å². The molecule has 0 spiro atoms. The number of halogens is 1. The van der Waals surface area contributed by atoms with E-state index in [4.69, 9.17) is 5.26 Å². The number of hydrogen-bond donors (Lipinski definition) is 0. The van der Waals surface area contributed by atoms with Gasteiger partial charge in [0.25, 0.3) is 5.91 Å². The Labute approximate surface area is 90.3 Å². The van der Waals surface area contributed by atoms with Crippen molar-refractivity contribution in [2.75, 3.05) is 13.6 Å². The van der Waals surface area contributed by atoms with Crippen molar-refractivity contribution in [3.63, 3.8) is 0 Å². The molecule has 0 saturated carbocycles. The first-order chi connectivity index (χ1) is 6.65. The van der Waals surface area contributed by atoms with Crippen molar-refractivity contribution in [3.05, 3.63) is 28.5 Å². The van der Waals surface area contributed by atoms with Gasteiger partial charge in [-0.1, -0.05) is 0 Å². The smallest absolute Gasteiger partial charge is 0.256 e. The van der Waals surface area contributed by atoms with Gasteiger partial charge in [0.2, 0.25) is 0 Å². The molecule has 0 radical (unpaired) electrons. The largest absolute Gasteiger partial charge is 0.328 e. The zero-order chi connectivity index (χ0) is 10.6. The standard InChI is InChI=1S/C9H8BrN3O/c1-13(3-2-11)9(14)7-4-8(10)6-12-5-7/h4-6H,3H2,1H3. The van der Waals surface area contributed by atoms with Crippen molar-refractivity contribution in [1.82, 2.24) is 9.88 Å². The zero-order valence-electron chi connectivity index (χ0n) is 7.57. The van der Waals surface area contributed by atoms with Crippen LogP contribution in [0, 0.1) is 11.3 Å². The summed E-state index contributed by atoms with van der Waals surface area (Å²) < 4.78 is 0.744. The minimum absolute atomic E-state index is 0.0747.